The smallest absolute Gasteiger partial charge is 0.335 e. The van der Waals surface area contributed by atoms with Crippen LogP contribution in [0.25, 0.3) is 10.9 Å². The van der Waals surface area contributed by atoms with Crippen LogP contribution in [0.4, 0.5) is 0 Å². The van der Waals surface area contributed by atoms with Gasteiger partial charge in [-0.1, -0.05) is 36.8 Å². The lowest BCUT2D eigenvalue weighted by Crippen LogP contribution is -2.21. The van der Waals surface area contributed by atoms with Crippen molar-refractivity contribution < 1.29 is 9.90 Å². The molecule has 24 heavy (non-hydrogen) atoms. The molecule has 0 atom stereocenters. The van der Waals surface area contributed by atoms with Crippen molar-refractivity contribution in [1.29, 1.82) is 0 Å². The van der Waals surface area contributed by atoms with Crippen LogP contribution in [0.5, 0.6) is 0 Å². The van der Waals surface area contributed by atoms with E-state index in [0.717, 1.165) is 22.0 Å². The molecule has 4 heteroatoms. The summed E-state index contributed by atoms with van der Waals surface area (Å²) in [7, 11) is 0. The summed E-state index contributed by atoms with van der Waals surface area (Å²) in [5, 5.41) is 10.1. The Kier molecular flexibility index (Phi) is 4.21. The summed E-state index contributed by atoms with van der Waals surface area (Å²) in [4.78, 5) is 23.8. The molecule has 3 aromatic rings. The van der Waals surface area contributed by atoms with Gasteiger partial charge in [-0.25, -0.2) is 4.79 Å². The molecule has 1 aromatic heterocycles. The summed E-state index contributed by atoms with van der Waals surface area (Å²) in [6.45, 7) is 4.46. The third-order valence-electron chi connectivity index (χ3n) is 4.25. The Morgan fingerprint density at radius 3 is 2.42 bits per heavy atom. The zero-order valence-corrected chi connectivity index (χ0v) is 13.7. The molecule has 0 saturated heterocycles. The Labute approximate surface area is 140 Å². The van der Waals surface area contributed by atoms with Crippen molar-refractivity contribution in [3.63, 3.8) is 0 Å². The maximum atomic E-state index is 12.4. The van der Waals surface area contributed by atoms with E-state index in [-0.39, 0.29) is 11.1 Å². The molecule has 0 fully saturated rings. The maximum Gasteiger partial charge on any atom is 0.335 e. The van der Waals surface area contributed by atoms with Crippen LogP contribution in [0.1, 0.15) is 34.0 Å². The minimum Gasteiger partial charge on any atom is -0.478 e. The molecule has 0 amide bonds. The van der Waals surface area contributed by atoms with E-state index >= 15 is 0 Å². The first kappa shape index (κ1) is 16.0. The average molecular weight is 321 g/mol. The predicted molar refractivity (Wildman–Crippen MR) is 94.8 cm³/mol. The number of carboxylic acid groups (broad SMARTS) is 1. The minimum absolute atomic E-state index is 0.0825. The third kappa shape index (κ3) is 2.95. The number of aromatic carboxylic acids is 1. The summed E-state index contributed by atoms with van der Waals surface area (Å²) in [5.74, 6) is -0.956. The van der Waals surface area contributed by atoms with Gasteiger partial charge < -0.3 is 9.67 Å². The van der Waals surface area contributed by atoms with Crippen LogP contribution < -0.4 is 5.56 Å². The molecule has 0 saturated carbocycles. The van der Waals surface area contributed by atoms with E-state index in [1.807, 2.05) is 38.1 Å². The molecule has 0 aliphatic rings. The number of rotatable bonds is 4. The fourth-order valence-electron chi connectivity index (χ4n) is 2.96. The van der Waals surface area contributed by atoms with E-state index in [0.29, 0.717) is 13.0 Å². The number of hydrogen-bond acceptors (Lipinski definition) is 2. The summed E-state index contributed by atoms with van der Waals surface area (Å²) in [5.41, 5.74) is 4.06. The Morgan fingerprint density at radius 2 is 1.79 bits per heavy atom. The van der Waals surface area contributed by atoms with E-state index in [1.165, 1.54) is 11.6 Å². The molecular formula is C20H19NO3. The second-order valence-electron chi connectivity index (χ2n) is 5.98. The van der Waals surface area contributed by atoms with Gasteiger partial charge in [0.2, 0.25) is 0 Å². The predicted octanol–water partition coefficient (Wildman–Crippen LogP) is 3.62. The van der Waals surface area contributed by atoms with Gasteiger partial charge in [-0.2, -0.15) is 0 Å². The molecule has 0 aliphatic carbocycles. The summed E-state index contributed by atoms with van der Waals surface area (Å²) in [6.07, 6.45) is 0.662. The van der Waals surface area contributed by atoms with Gasteiger partial charge in [-0.05, 0) is 48.1 Å². The van der Waals surface area contributed by atoms with Crippen molar-refractivity contribution in [2.45, 2.75) is 26.8 Å². The van der Waals surface area contributed by atoms with Crippen molar-refractivity contribution in [2.24, 2.45) is 0 Å². The monoisotopic (exact) mass is 321 g/mol. The van der Waals surface area contributed by atoms with Crippen molar-refractivity contribution in [1.82, 2.24) is 4.57 Å². The number of pyridine rings is 1. The zero-order chi connectivity index (χ0) is 17.3. The van der Waals surface area contributed by atoms with E-state index in [9.17, 15) is 14.7 Å². The fourth-order valence-corrected chi connectivity index (χ4v) is 2.96. The number of aryl methyl sites for hydroxylation is 2. The van der Waals surface area contributed by atoms with Gasteiger partial charge in [0.15, 0.2) is 0 Å². The zero-order valence-electron chi connectivity index (χ0n) is 13.7. The third-order valence-corrected chi connectivity index (χ3v) is 4.25. The van der Waals surface area contributed by atoms with Gasteiger partial charge in [-0.3, -0.25) is 4.79 Å². The van der Waals surface area contributed by atoms with Crippen LogP contribution >= 0.6 is 0 Å². The van der Waals surface area contributed by atoms with E-state index in [1.54, 1.807) is 22.8 Å². The number of hydrogen-bond donors (Lipinski definition) is 1. The normalized spacial score (nSPS) is 10.9. The maximum absolute atomic E-state index is 12.4. The molecule has 1 N–H and O–H groups in total. The van der Waals surface area contributed by atoms with Crippen LogP contribution in [0.2, 0.25) is 0 Å². The highest BCUT2D eigenvalue weighted by molar-refractivity contribution is 5.95. The molecular weight excluding hydrogens is 302 g/mol. The molecule has 122 valence electrons. The number of benzene rings is 2. The Bertz CT molecular complexity index is 969. The molecule has 3 rings (SSSR count). The second-order valence-corrected chi connectivity index (χ2v) is 5.98. The number of aromatic nitrogens is 1. The number of carbonyl (C=O) groups is 1. The molecule has 4 nitrogen and oxygen atoms in total. The summed E-state index contributed by atoms with van der Waals surface area (Å²) >= 11 is 0. The Hall–Kier alpha value is -2.88. The number of nitrogens with zero attached hydrogens (tertiary/aromatic N) is 1. The van der Waals surface area contributed by atoms with Gasteiger partial charge in [0.25, 0.3) is 5.56 Å². The fraction of sp³-hybridized carbons (Fsp3) is 0.200. The SMILES string of the molecule is CCc1cc(C(=O)O)cc2ccc(=O)n(Cc3ccc(C)cc3)c12. The topological polar surface area (TPSA) is 59.3 Å². The first-order valence-electron chi connectivity index (χ1n) is 7.95. The minimum atomic E-state index is -0.956. The van der Waals surface area contributed by atoms with Gasteiger partial charge in [-0.15, -0.1) is 0 Å². The van der Waals surface area contributed by atoms with Crippen molar-refractivity contribution in [3.05, 3.63) is 81.1 Å². The van der Waals surface area contributed by atoms with Crippen LogP contribution in [-0.4, -0.2) is 15.6 Å². The van der Waals surface area contributed by atoms with E-state index < -0.39 is 5.97 Å². The quantitative estimate of drug-likeness (QED) is 0.798. The summed E-state index contributed by atoms with van der Waals surface area (Å²) < 4.78 is 1.73. The summed E-state index contributed by atoms with van der Waals surface area (Å²) in [6, 6.07) is 14.6. The second kappa shape index (κ2) is 6.32. The highest BCUT2D eigenvalue weighted by Crippen LogP contribution is 2.22. The molecule has 2 aromatic carbocycles. The van der Waals surface area contributed by atoms with Crippen LogP contribution in [0, 0.1) is 6.92 Å². The number of carboxylic acids is 1. The van der Waals surface area contributed by atoms with Gasteiger partial charge in [0, 0.05) is 6.07 Å². The standard InChI is InChI=1S/C20H19NO3/c1-3-15-10-17(20(23)24)11-16-8-9-18(22)21(19(15)16)12-14-6-4-13(2)5-7-14/h4-11H,3,12H2,1-2H3,(H,23,24). The van der Waals surface area contributed by atoms with Crippen molar-refractivity contribution >= 4 is 16.9 Å². The Balaban J connectivity index is 2.22. The van der Waals surface area contributed by atoms with E-state index in [2.05, 4.69) is 0 Å². The highest BCUT2D eigenvalue weighted by Gasteiger charge is 2.12. The molecule has 0 bridgehead atoms. The molecule has 1 heterocycles. The molecule has 0 radical (unpaired) electrons. The molecule has 0 unspecified atom stereocenters. The van der Waals surface area contributed by atoms with E-state index in [4.69, 9.17) is 0 Å². The molecule has 0 spiro atoms. The lowest BCUT2D eigenvalue weighted by Gasteiger charge is -2.14. The van der Waals surface area contributed by atoms with Crippen LogP contribution in [0.15, 0.2) is 53.3 Å². The lowest BCUT2D eigenvalue weighted by atomic mass is 10.0. The van der Waals surface area contributed by atoms with Gasteiger partial charge in [0.1, 0.15) is 0 Å². The first-order valence-corrected chi connectivity index (χ1v) is 7.95. The van der Waals surface area contributed by atoms with Gasteiger partial charge >= 0.3 is 5.97 Å². The van der Waals surface area contributed by atoms with Crippen molar-refractivity contribution in [3.8, 4) is 0 Å². The largest absolute Gasteiger partial charge is 0.478 e. The number of fused-ring (bicyclic) bond motifs is 1. The Morgan fingerprint density at radius 1 is 1.08 bits per heavy atom. The van der Waals surface area contributed by atoms with Crippen LogP contribution in [0.3, 0.4) is 0 Å². The van der Waals surface area contributed by atoms with Gasteiger partial charge in [0.05, 0.1) is 17.6 Å². The van der Waals surface area contributed by atoms with Crippen molar-refractivity contribution in [2.75, 3.05) is 0 Å². The van der Waals surface area contributed by atoms with Crippen LogP contribution in [-0.2, 0) is 13.0 Å². The lowest BCUT2D eigenvalue weighted by molar-refractivity contribution is 0.0697. The molecule has 0 aliphatic heterocycles. The first-order chi connectivity index (χ1) is 11.5. The highest BCUT2D eigenvalue weighted by atomic mass is 16.4. The average Bonchev–Trinajstić information content (AvgIpc) is 2.58.